The van der Waals surface area contributed by atoms with Crippen molar-refractivity contribution >= 4 is 11.9 Å². The molecule has 6 nitrogen and oxygen atoms in total. The summed E-state index contributed by atoms with van der Waals surface area (Å²) in [4.78, 5) is 27.9. The van der Waals surface area contributed by atoms with Crippen molar-refractivity contribution in [1.29, 1.82) is 0 Å². The first-order chi connectivity index (χ1) is 10.1. The molecule has 2 N–H and O–H groups in total. The summed E-state index contributed by atoms with van der Waals surface area (Å²) in [5.41, 5.74) is 0. The van der Waals surface area contributed by atoms with Crippen LogP contribution in [0, 0.1) is 11.8 Å². The zero-order valence-corrected chi connectivity index (χ0v) is 12.9. The SMILES string of the molecule is CN1CCN(CCCNC(=O)C2CCCC2C(=O)O)CC1. The van der Waals surface area contributed by atoms with E-state index in [9.17, 15) is 9.59 Å². The van der Waals surface area contributed by atoms with Crippen molar-refractivity contribution in [2.75, 3.05) is 46.3 Å². The topological polar surface area (TPSA) is 72.9 Å². The van der Waals surface area contributed by atoms with E-state index in [4.69, 9.17) is 5.11 Å². The molecule has 1 aliphatic carbocycles. The molecule has 0 radical (unpaired) electrons. The molecule has 2 rings (SSSR count). The van der Waals surface area contributed by atoms with E-state index >= 15 is 0 Å². The van der Waals surface area contributed by atoms with Gasteiger partial charge in [-0.2, -0.15) is 0 Å². The fourth-order valence-electron chi connectivity index (χ4n) is 3.29. The van der Waals surface area contributed by atoms with Crippen molar-refractivity contribution in [3.8, 4) is 0 Å². The van der Waals surface area contributed by atoms with Crippen LogP contribution in [0.25, 0.3) is 0 Å². The molecule has 0 aromatic heterocycles. The average molecular weight is 297 g/mol. The maximum Gasteiger partial charge on any atom is 0.307 e. The monoisotopic (exact) mass is 297 g/mol. The summed E-state index contributed by atoms with van der Waals surface area (Å²) in [5.74, 6) is -1.71. The van der Waals surface area contributed by atoms with Gasteiger partial charge in [0.1, 0.15) is 0 Å². The normalized spacial score (nSPS) is 27.7. The molecule has 0 spiro atoms. The Morgan fingerprint density at radius 2 is 1.81 bits per heavy atom. The molecule has 21 heavy (non-hydrogen) atoms. The number of piperazine rings is 1. The van der Waals surface area contributed by atoms with Gasteiger partial charge in [0, 0.05) is 32.7 Å². The van der Waals surface area contributed by atoms with Crippen LogP contribution in [0.15, 0.2) is 0 Å². The fourth-order valence-corrected chi connectivity index (χ4v) is 3.29. The number of rotatable bonds is 6. The van der Waals surface area contributed by atoms with Gasteiger partial charge in [0.25, 0.3) is 0 Å². The second kappa shape index (κ2) is 7.75. The second-order valence-corrected chi connectivity index (χ2v) is 6.27. The van der Waals surface area contributed by atoms with Gasteiger partial charge in [-0.3, -0.25) is 9.59 Å². The van der Waals surface area contributed by atoms with Gasteiger partial charge in [0.05, 0.1) is 11.8 Å². The number of nitrogens with one attached hydrogen (secondary N) is 1. The number of likely N-dealkylation sites (N-methyl/N-ethyl adjacent to an activating group) is 1. The molecule has 2 unspecified atom stereocenters. The van der Waals surface area contributed by atoms with Crippen LogP contribution in [0.2, 0.25) is 0 Å². The van der Waals surface area contributed by atoms with Crippen LogP contribution in [0.4, 0.5) is 0 Å². The predicted octanol–water partition coefficient (Wildman–Crippen LogP) is 0.241. The molecule has 2 atom stereocenters. The molecule has 120 valence electrons. The van der Waals surface area contributed by atoms with Crippen LogP contribution in [-0.2, 0) is 9.59 Å². The minimum absolute atomic E-state index is 0.0710. The van der Waals surface area contributed by atoms with Gasteiger partial charge in [0.2, 0.25) is 5.91 Å². The fraction of sp³-hybridized carbons (Fsp3) is 0.867. The first-order valence-corrected chi connectivity index (χ1v) is 7.99. The highest BCUT2D eigenvalue weighted by molar-refractivity contribution is 5.85. The van der Waals surface area contributed by atoms with Gasteiger partial charge in [-0.05, 0) is 32.9 Å². The number of nitrogens with zero attached hydrogens (tertiary/aromatic N) is 2. The molecular weight excluding hydrogens is 270 g/mol. The summed E-state index contributed by atoms with van der Waals surface area (Å²) >= 11 is 0. The van der Waals surface area contributed by atoms with Gasteiger partial charge in [0.15, 0.2) is 0 Å². The Hall–Kier alpha value is -1.14. The van der Waals surface area contributed by atoms with Crippen molar-refractivity contribution in [2.45, 2.75) is 25.7 Å². The highest BCUT2D eigenvalue weighted by Crippen LogP contribution is 2.31. The van der Waals surface area contributed by atoms with Gasteiger partial charge >= 0.3 is 5.97 Å². The van der Waals surface area contributed by atoms with Crippen LogP contribution in [0.5, 0.6) is 0 Å². The lowest BCUT2D eigenvalue weighted by atomic mass is 9.95. The largest absolute Gasteiger partial charge is 0.481 e. The quantitative estimate of drug-likeness (QED) is 0.687. The lowest BCUT2D eigenvalue weighted by Gasteiger charge is -2.32. The molecular formula is C15H27N3O3. The molecule has 1 saturated carbocycles. The number of aliphatic carboxylic acids is 1. The van der Waals surface area contributed by atoms with Crippen LogP contribution in [-0.4, -0.2) is 73.1 Å². The summed E-state index contributed by atoms with van der Waals surface area (Å²) in [6.07, 6.45) is 3.12. The smallest absolute Gasteiger partial charge is 0.307 e. The Morgan fingerprint density at radius 1 is 1.14 bits per heavy atom. The molecule has 0 bridgehead atoms. The van der Waals surface area contributed by atoms with E-state index in [2.05, 4.69) is 22.2 Å². The molecule has 2 aliphatic rings. The average Bonchev–Trinajstić information content (AvgIpc) is 2.95. The number of carboxylic acid groups (broad SMARTS) is 1. The number of carbonyl (C=O) groups excluding carboxylic acids is 1. The first-order valence-electron chi connectivity index (χ1n) is 7.99. The van der Waals surface area contributed by atoms with Gasteiger partial charge < -0.3 is 20.2 Å². The number of hydrogen-bond acceptors (Lipinski definition) is 4. The molecule has 1 saturated heterocycles. The molecule has 1 amide bonds. The third-order valence-electron chi connectivity index (χ3n) is 4.72. The van der Waals surface area contributed by atoms with E-state index in [0.29, 0.717) is 19.4 Å². The number of carboxylic acids is 1. The summed E-state index contributed by atoms with van der Waals surface area (Å²) in [7, 11) is 2.14. The van der Waals surface area contributed by atoms with Crippen LogP contribution < -0.4 is 5.32 Å². The number of amides is 1. The van der Waals surface area contributed by atoms with E-state index in [1.54, 1.807) is 0 Å². The van der Waals surface area contributed by atoms with Crippen LogP contribution in [0.3, 0.4) is 0 Å². The standard InChI is InChI=1S/C15H27N3O3/c1-17-8-10-18(11-9-17)7-3-6-16-14(19)12-4-2-5-13(12)15(20)21/h12-13H,2-11H2,1H3,(H,16,19)(H,20,21). The van der Waals surface area contributed by atoms with Crippen molar-refractivity contribution in [1.82, 2.24) is 15.1 Å². The predicted molar refractivity (Wildman–Crippen MR) is 80.0 cm³/mol. The Morgan fingerprint density at radius 3 is 2.48 bits per heavy atom. The lowest BCUT2D eigenvalue weighted by Crippen LogP contribution is -2.45. The Bertz CT molecular complexity index is 367. The third kappa shape index (κ3) is 4.68. The van der Waals surface area contributed by atoms with Crippen LogP contribution >= 0.6 is 0 Å². The van der Waals surface area contributed by atoms with Gasteiger partial charge in [-0.25, -0.2) is 0 Å². The summed E-state index contributed by atoms with van der Waals surface area (Å²) in [5, 5.41) is 12.0. The molecule has 6 heteroatoms. The highest BCUT2D eigenvalue weighted by Gasteiger charge is 2.37. The lowest BCUT2D eigenvalue weighted by molar-refractivity contribution is -0.146. The maximum atomic E-state index is 12.1. The minimum Gasteiger partial charge on any atom is -0.481 e. The Balaban J connectivity index is 1.62. The second-order valence-electron chi connectivity index (χ2n) is 6.27. The Kier molecular flexibility index (Phi) is 5.99. The zero-order chi connectivity index (χ0) is 15.2. The van der Waals surface area contributed by atoms with Crippen molar-refractivity contribution in [2.24, 2.45) is 11.8 Å². The van der Waals surface area contributed by atoms with E-state index in [1.807, 2.05) is 0 Å². The highest BCUT2D eigenvalue weighted by atomic mass is 16.4. The number of hydrogen-bond donors (Lipinski definition) is 2. The van der Waals surface area contributed by atoms with E-state index < -0.39 is 11.9 Å². The van der Waals surface area contributed by atoms with Crippen molar-refractivity contribution < 1.29 is 14.7 Å². The zero-order valence-electron chi connectivity index (χ0n) is 12.9. The first kappa shape index (κ1) is 16.2. The molecule has 1 aliphatic heterocycles. The van der Waals surface area contributed by atoms with Gasteiger partial charge in [-0.1, -0.05) is 6.42 Å². The van der Waals surface area contributed by atoms with Gasteiger partial charge in [-0.15, -0.1) is 0 Å². The van der Waals surface area contributed by atoms with Crippen molar-refractivity contribution in [3.63, 3.8) is 0 Å². The third-order valence-corrected chi connectivity index (χ3v) is 4.72. The number of carbonyl (C=O) groups is 2. The Labute approximate surface area is 126 Å². The minimum atomic E-state index is -0.829. The maximum absolute atomic E-state index is 12.1. The van der Waals surface area contributed by atoms with E-state index in [1.165, 1.54) is 0 Å². The molecule has 1 heterocycles. The summed E-state index contributed by atoms with van der Waals surface area (Å²) in [6, 6.07) is 0. The van der Waals surface area contributed by atoms with E-state index in [-0.39, 0.29) is 11.8 Å². The van der Waals surface area contributed by atoms with Crippen LogP contribution in [0.1, 0.15) is 25.7 Å². The molecule has 2 fully saturated rings. The van der Waals surface area contributed by atoms with Crippen molar-refractivity contribution in [3.05, 3.63) is 0 Å². The molecule has 0 aromatic carbocycles. The summed E-state index contributed by atoms with van der Waals surface area (Å²) < 4.78 is 0. The van der Waals surface area contributed by atoms with E-state index in [0.717, 1.165) is 45.6 Å². The summed E-state index contributed by atoms with van der Waals surface area (Å²) in [6.45, 7) is 6.04. The molecule has 0 aromatic rings.